The van der Waals surface area contributed by atoms with E-state index in [-0.39, 0.29) is 29.9 Å². The summed E-state index contributed by atoms with van der Waals surface area (Å²) >= 11 is 0. The van der Waals surface area contributed by atoms with Gasteiger partial charge in [-0.25, -0.2) is 29.3 Å². The highest BCUT2D eigenvalue weighted by Crippen LogP contribution is 2.04. The maximum Gasteiger partial charge on any atom is 0.373 e. The summed E-state index contributed by atoms with van der Waals surface area (Å²) in [6.45, 7) is 8.44. The molecule has 0 amide bonds. The third-order valence-electron chi connectivity index (χ3n) is 6.35. The number of hydrogen-bond acceptors (Lipinski definition) is 14. The zero-order chi connectivity index (χ0) is 39.4. The van der Waals surface area contributed by atoms with Crippen LogP contribution in [-0.4, -0.2) is 86.4 Å². The van der Waals surface area contributed by atoms with E-state index in [1.807, 2.05) is 20.9 Å². The van der Waals surface area contributed by atoms with Crippen molar-refractivity contribution in [2.75, 3.05) is 25.6 Å². The van der Waals surface area contributed by atoms with Crippen LogP contribution in [0.4, 0.5) is 5.95 Å². The van der Waals surface area contributed by atoms with Gasteiger partial charge in [0.15, 0.2) is 5.95 Å². The molecule has 0 unspecified atom stereocenters. The molecule has 0 aromatic carbocycles. The molecule has 52 heavy (non-hydrogen) atoms. The van der Waals surface area contributed by atoms with Gasteiger partial charge in [-0.1, -0.05) is 6.92 Å². The normalized spacial score (nSPS) is 10.1. The molecular weight excluding hydrogens is 686 g/mol. The number of esters is 2. The second-order valence-electron chi connectivity index (χ2n) is 9.79. The Balaban J connectivity index is 0.000000348. The van der Waals surface area contributed by atoms with Crippen LogP contribution in [0.2, 0.25) is 0 Å². The number of fused-ring (bicyclic) bond motifs is 2. The van der Waals surface area contributed by atoms with Gasteiger partial charge in [0.05, 0.1) is 44.0 Å². The van der Waals surface area contributed by atoms with E-state index in [1.165, 1.54) is 27.5 Å². The standard InChI is InChI=1S/C10H11N3O3.C9H16O3.C8H7N3O3.C4H7N3.CO2/c1-3-16-9(15)7-6-11-10-12(2)4-5-13(10)8(7)14;1-4-8(7-11-5-2)9(10)12-6-3;1-10-2-3-11-6(12)5(7(13)14)4-9-8(10)11;1-7-3-2-6-4(7)5;2-1-3/h4-6H,3H2,1-2H3;7H,4-6H2,1-3H3;2-4H,1H3,(H,13,14);2-3H,1H3,(H2,5,6);/b;8-7-;;;. The molecule has 0 atom stereocenters. The number of carbonyl (C=O) groups is 3. The maximum absolute atomic E-state index is 11.9. The number of carboxylic acid groups (broad SMARTS) is 1. The first-order valence-corrected chi connectivity index (χ1v) is 15.4. The summed E-state index contributed by atoms with van der Waals surface area (Å²) in [6, 6.07) is 0. The van der Waals surface area contributed by atoms with Crippen LogP contribution >= 0.6 is 0 Å². The minimum absolute atomic E-state index is 0.0504. The molecule has 0 spiro atoms. The molecule has 280 valence electrons. The molecule has 0 aliphatic rings. The van der Waals surface area contributed by atoms with Gasteiger partial charge in [0.2, 0.25) is 11.6 Å². The lowest BCUT2D eigenvalue weighted by atomic mass is 10.2. The van der Waals surface area contributed by atoms with Crippen molar-refractivity contribution in [3.05, 3.63) is 93.2 Å². The van der Waals surface area contributed by atoms with Crippen LogP contribution in [0.25, 0.3) is 11.6 Å². The number of hydrogen-bond donors (Lipinski definition) is 2. The van der Waals surface area contributed by atoms with Gasteiger partial charge < -0.3 is 38.8 Å². The number of rotatable bonds is 8. The number of imidazole rings is 3. The van der Waals surface area contributed by atoms with E-state index < -0.39 is 23.1 Å². The monoisotopic (exact) mass is 727 g/mol. The number of aromatic nitrogens is 8. The van der Waals surface area contributed by atoms with Crippen molar-refractivity contribution in [2.45, 2.75) is 34.1 Å². The van der Waals surface area contributed by atoms with Crippen molar-refractivity contribution in [3.8, 4) is 0 Å². The number of nitrogens with two attached hydrogens (primary N) is 1. The Morgan fingerprint density at radius 2 is 1.27 bits per heavy atom. The van der Waals surface area contributed by atoms with E-state index in [2.05, 4.69) is 15.0 Å². The summed E-state index contributed by atoms with van der Waals surface area (Å²) in [4.78, 5) is 84.4. The van der Waals surface area contributed by atoms with E-state index in [0.29, 0.717) is 42.7 Å². The molecule has 0 saturated heterocycles. The minimum atomic E-state index is -1.26. The number of aromatic carboxylic acids is 1. The Morgan fingerprint density at radius 3 is 1.65 bits per heavy atom. The van der Waals surface area contributed by atoms with Crippen molar-refractivity contribution < 1.29 is 43.3 Å². The minimum Gasteiger partial charge on any atom is -0.501 e. The van der Waals surface area contributed by atoms with E-state index in [4.69, 9.17) is 34.6 Å². The fourth-order valence-corrected chi connectivity index (χ4v) is 3.73. The van der Waals surface area contributed by atoms with Crippen LogP contribution in [0.1, 0.15) is 54.8 Å². The van der Waals surface area contributed by atoms with Gasteiger partial charge >= 0.3 is 24.1 Å². The lowest BCUT2D eigenvalue weighted by Gasteiger charge is -2.03. The average molecular weight is 728 g/mol. The van der Waals surface area contributed by atoms with E-state index >= 15 is 0 Å². The molecule has 0 saturated carbocycles. The Morgan fingerprint density at radius 1 is 0.769 bits per heavy atom. The lowest BCUT2D eigenvalue weighted by molar-refractivity contribution is -0.191. The van der Waals surface area contributed by atoms with Crippen molar-refractivity contribution in [1.29, 1.82) is 0 Å². The number of aryl methyl sites for hydroxylation is 3. The molecular formula is C32H41N9O11. The van der Waals surface area contributed by atoms with Crippen LogP contribution in [-0.2, 0) is 49.7 Å². The third kappa shape index (κ3) is 12.3. The zero-order valence-corrected chi connectivity index (χ0v) is 29.7. The number of carboxylic acids is 1. The predicted molar refractivity (Wildman–Crippen MR) is 183 cm³/mol. The van der Waals surface area contributed by atoms with Gasteiger partial charge in [0, 0.05) is 58.3 Å². The highest BCUT2D eigenvalue weighted by atomic mass is 16.5. The summed E-state index contributed by atoms with van der Waals surface area (Å²) < 4.78 is 22.1. The summed E-state index contributed by atoms with van der Waals surface area (Å²) in [6.07, 6.45) is 14.5. The molecule has 0 aliphatic carbocycles. The summed E-state index contributed by atoms with van der Waals surface area (Å²) in [5, 5.41) is 8.67. The van der Waals surface area contributed by atoms with E-state index in [1.54, 1.807) is 72.6 Å². The molecule has 5 aromatic rings. The Hall–Kier alpha value is -6.82. The lowest BCUT2D eigenvalue weighted by Crippen LogP contribution is -2.23. The first kappa shape index (κ1) is 43.2. The van der Waals surface area contributed by atoms with Crippen LogP contribution in [0.3, 0.4) is 0 Å². The Kier molecular flexibility index (Phi) is 18.3. The fourth-order valence-electron chi connectivity index (χ4n) is 3.73. The molecule has 0 bridgehead atoms. The number of carbonyl (C=O) groups excluding carboxylic acids is 4. The molecule has 0 fully saturated rings. The molecule has 5 aromatic heterocycles. The SMILES string of the molecule is CCO/C=C(/CC)C(=O)OCC.CCOC(=O)c1cnc2n(C)ccn2c1=O.Cn1ccn2c(=O)c(C(=O)O)cnc12.Cn1ccnc1N.O=C=O. The first-order chi connectivity index (χ1) is 24.7. The van der Waals surface area contributed by atoms with Crippen molar-refractivity contribution in [2.24, 2.45) is 21.1 Å². The fraction of sp³-hybridized carbons (Fsp3) is 0.344. The van der Waals surface area contributed by atoms with Gasteiger partial charge in [-0.15, -0.1) is 0 Å². The first-order valence-electron chi connectivity index (χ1n) is 15.4. The van der Waals surface area contributed by atoms with Gasteiger partial charge in [0.25, 0.3) is 11.1 Å². The van der Waals surface area contributed by atoms with Crippen molar-refractivity contribution in [1.82, 2.24) is 37.5 Å². The molecule has 20 heteroatoms. The number of nitrogens with zero attached hydrogens (tertiary/aromatic N) is 8. The molecule has 3 N–H and O–H groups in total. The molecule has 0 radical (unpaired) electrons. The number of anilines is 1. The highest BCUT2D eigenvalue weighted by Gasteiger charge is 2.15. The van der Waals surface area contributed by atoms with Crippen LogP contribution in [0.15, 0.2) is 71.0 Å². The molecule has 5 rings (SSSR count). The summed E-state index contributed by atoms with van der Waals surface area (Å²) in [5.74, 6) is -0.731. The largest absolute Gasteiger partial charge is 0.501 e. The third-order valence-corrected chi connectivity index (χ3v) is 6.35. The van der Waals surface area contributed by atoms with Gasteiger partial charge in [0.1, 0.15) is 11.1 Å². The van der Waals surface area contributed by atoms with Gasteiger partial charge in [-0.3, -0.25) is 18.4 Å². The smallest absolute Gasteiger partial charge is 0.373 e. The van der Waals surface area contributed by atoms with E-state index in [9.17, 15) is 24.0 Å². The van der Waals surface area contributed by atoms with Crippen molar-refractivity contribution in [3.63, 3.8) is 0 Å². The quantitative estimate of drug-likeness (QED) is 0.129. The predicted octanol–water partition coefficient (Wildman–Crippen LogP) is 1.24. The van der Waals surface area contributed by atoms with Crippen LogP contribution in [0, 0.1) is 0 Å². The second kappa shape index (κ2) is 22.0. The Labute approximate surface area is 296 Å². The van der Waals surface area contributed by atoms with Gasteiger partial charge in [-0.05, 0) is 27.2 Å². The van der Waals surface area contributed by atoms with E-state index in [0.717, 1.165) is 6.20 Å². The maximum atomic E-state index is 11.9. The van der Waals surface area contributed by atoms with Gasteiger partial charge in [-0.2, -0.15) is 9.59 Å². The second-order valence-corrected chi connectivity index (χ2v) is 9.79. The van der Waals surface area contributed by atoms with Crippen LogP contribution < -0.4 is 16.9 Å². The number of nitrogen functional groups attached to an aromatic ring is 1. The highest BCUT2D eigenvalue weighted by molar-refractivity contribution is 5.89. The average Bonchev–Trinajstić information content (AvgIpc) is 3.81. The molecule has 20 nitrogen and oxygen atoms in total. The molecule has 0 aliphatic heterocycles. The summed E-state index contributed by atoms with van der Waals surface area (Å²) in [7, 11) is 5.34. The van der Waals surface area contributed by atoms with Crippen LogP contribution in [0.5, 0.6) is 0 Å². The Bertz CT molecular complexity index is 2100. The van der Waals surface area contributed by atoms with Crippen molar-refractivity contribution >= 4 is 41.6 Å². The molecule has 5 heterocycles. The zero-order valence-electron chi connectivity index (χ0n) is 29.7. The summed E-state index contributed by atoms with van der Waals surface area (Å²) in [5.41, 5.74) is 4.52. The topological polar surface area (TPSA) is 256 Å². The number of ether oxygens (including phenoxy) is 3.